The number of rotatable bonds is 0. The summed E-state index contributed by atoms with van der Waals surface area (Å²) in [4.78, 5) is 51.4. The topological polar surface area (TPSA) is 118 Å². The number of hydrogen-bond donors (Lipinski definition) is 1. The average Bonchev–Trinajstić information content (AvgIpc) is 2.94. The minimum atomic E-state index is -2.40. The zero-order chi connectivity index (χ0) is 17.2. The standard InChI is InChI=1S/C18H8N2O4/c19-7-8-1-3-10-12(5-8)16(23)18(14(10)21)15(22)11-4-2-9(20)6-13(11)17(18)24/h1-6H,20H2. The van der Waals surface area contributed by atoms with Crippen molar-refractivity contribution < 1.29 is 19.2 Å². The Kier molecular flexibility index (Phi) is 2.48. The fraction of sp³-hybridized carbons (Fsp3) is 0.0556. The van der Waals surface area contributed by atoms with Gasteiger partial charge in [-0.3, -0.25) is 19.2 Å². The van der Waals surface area contributed by atoms with Crippen molar-refractivity contribution in [3.63, 3.8) is 0 Å². The molecule has 2 N–H and O–H groups in total. The Balaban J connectivity index is 2.00. The fourth-order valence-corrected chi connectivity index (χ4v) is 3.37. The molecule has 0 aromatic heterocycles. The molecule has 0 heterocycles. The molecule has 4 rings (SSSR count). The van der Waals surface area contributed by atoms with Gasteiger partial charge in [-0.25, -0.2) is 0 Å². The zero-order valence-electron chi connectivity index (χ0n) is 12.1. The maximum Gasteiger partial charge on any atom is 0.221 e. The maximum absolute atomic E-state index is 12.9. The van der Waals surface area contributed by atoms with E-state index in [9.17, 15) is 19.2 Å². The second kappa shape index (κ2) is 4.24. The number of nitrogens with zero attached hydrogens (tertiary/aromatic N) is 1. The van der Waals surface area contributed by atoms with Gasteiger partial charge in [-0.1, -0.05) is 0 Å². The summed E-state index contributed by atoms with van der Waals surface area (Å²) < 4.78 is 0. The summed E-state index contributed by atoms with van der Waals surface area (Å²) in [6, 6.07) is 9.88. The first-order valence-corrected chi connectivity index (χ1v) is 7.05. The third-order valence-corrected chi connectivity index (χ3v) is 4.53. The van der Waals surface area contributed by atoms with Crippen molar-refractivity contribution >= 4 is 28.8 Å². The fourth-order valence-electron chi connectivity index (χ4n) is 3.37. The van der Waals surface area contributed by atoms with Crippen LogP contribution in [0, 0.1) is 16.7 Å². The van der Waals surface area contributed by atoms with Crippen molar-refractivity contribution in [2.75, 3.05) is 5.73 Å². The Morgan fingerprint density at radius 1 is 0.750 bits per heavy atom. The smallest absolute Gasteiger partial charge is 0.221 e. The third-order valence-electron chi connectivity index (χ3n) is 4.53. The Morgan fingerprint density at radius 2 is 1.25 bits per heavy atom. The molecule has 2 aromatic rings. The highest BCUT2D eigenvalue weighted by atomic mass is 16.2. The monoisotopic (exact) mass is 316 g/mol. The van der Waals surface area contributed by atoms with Crippen LogP contribution in [-0.4, -0.2) is 23.1 Å². The molecule has 0 saturated heterocycles. The quantitative estimate of drug-likeness (QED) is 0.582. The number of nitrogen functional groups attached to an aromatic ring is 1. The van der Waals surface area contributed by atoms with Crippen LogP contribution in [0.1, 0.15) is 47.0 Å². The predicted octanol–water partition coefficient (Wildman–Crippen LogP) is 1.59. The lowest BCUT2D eigenvalue weighted by molar-refractivity contribution is 0.0587. The SMILES string of the molecule is N#Cc1ccc2c(c1)C(=O)C1(C(=O)c3ccc(N)cc3C1=O)C2=O. The van der Waals surface area contributed by atoms with Crippen LogP contribution < -0.4 is 5.73 Å². The minimum absolute atomic E-state index is 0.0125. The molecule has 1 atom stereocenters. The van der Waals surface area contributed by atoms with Crippen LogP contribution in [0.25, 0.3) is 0 Å². The van der Waals surface area contributed by atoms with E-state index in [0.717, 1.165) is 0 Å². The molecule has 0 aliphatic heterocycles. The summed E-state index contributed by atoms with van der Waals surface area (Å²) in [7, 11) is 0. The highest BCUT2D eigenvalue weighted by molar-refractivity contribution is 6.56. The number of nitrogens with two attached hydrogens (primary N) is 1. The van der Waals surface area contributed by atoms with Crippen LogP contribution >= 0.6 is 0 Å². The molecule has 0 amide bonds. The predicted molar refractivity (Wildman–Crippen MR) is 81.8 cm³/mol. The number of ketones is 4. The summed E-state index contributed by atoms with van der Waals surface area (Å²) >= 11 is 0. The van der Waals surface area contributed by atoms with Crippen molar-refractivity contribution in [1.82, 2.24) is 0 Å². The third kappa shape index (κ3) is 1.35. The molecule has 2 aliphatic carbocycles. The van der Waals surface area contributed by atoms with Gasteiger partial charge in [0.05, 0.1) is 11.6 Å². The Labute approximate surface area is 135 Å². The normalized spacial score (nSPS) is 21.1. The van der Waals surface area contributed by atoms with Gasteiger partial charge in [0, 0.05) is 27.9 Å². The van der Waals surface area contributed by atoms with Gasteiger partial charge in [-0.05, 0) is 36.4 Å². The Morgan fingerprint density at radius 3 is 1.83 bits per heavy atom. The first kappa shape index (κ1) is 14.0. The van der Waals surface area contributed by atoms with Crippen LogP contribution in [0.3, 0.4) is 0 Å². The Bertz CT molecular complexity index is 1060. The first-order valence-electron chi connectivity index (χ1n) is 7.05. The number of anilines is 1. The van der Waals surface area contributed by atoms with E-state index in [0.29, 0.717) is 0 Å². The van der Waals surface area contributed by atoms with Crippen molar-refractivity contribution in [3.05, 3.63) is 64.2 Å². The van der Waals surface area contributed by atoms with E-state index in [-0.39, 0.29) is 33.5 Å². The van der Waals surface area contributed by atoms with Gasteiger partial charge in [0.25, 0.3) is 0 Å². The number of hydrogen-bond acceptors (Lipinski definition) is 6. The van der Waals surface area contributed by atoms with Crippen LogP contribution in [0.5, 0.6) is 0 Å². The number of fused-ring (bicyclic) bond motifs is 2. The average molecular weight is 316 g/mol. The molecule has 0 radical (unpaired) electrons. The Hall–Kier alpha value is -3.59. The molecule has 2 aliphatic rings. The van der Waals surface area contributed by atoms with Gasteiger partial charge < -0.3 is 5.73 Å². The number of carbonyl (C=O) groups excluding carboxylic acids is 4. The molecule has 1 unspecified atom stereocenters. The largest absolute Gasteiger partial charge is 0.399 e. The lowest BCUT2D eigenvalue weighted by Gasteiger charge is -2.14. The van der Waals surface area contributed by atoms with E-state index in [4.69, 9.17) is 11.0 Å². The summed E-state index contributed by atoms with van der Waals surface area (Å²) in [5.41, 5.74) is 3.60. The van der Waals surface area contributed by atoms with Crippen molar-refractivity contribution in [3.8, 4) is 6.07 Å². The second-order valence-electron chi connectivity index (χ2n) is 5.74. The molecular formula is C18H8N2O4. The van der Waals surface area contributed by atoms with Gasteiger partial charge in [-0.2, -0.15) is 5.26 Å². The van der Waals surface area contributed by atoms with E-state index in [1.54, 1.807) is 0 Å². The van der Waals surface area contributed by atoms with Crippen molar-refractivity contribution in [2.45, 2.75) is 0 Å². The molecule has 1 spiro atoms. The number of nitriles is 1. The van der Waals surface area contributed by atoms with Gasteiger partial charge >= 0.3 is 0 Å². The molecule has 0 bridgehead atoms. The lowest BCUT2D eigenvalue weighted by atomic mass is 9.78. The second-order valence-corrected chi connectivity index (χ2v) is 5.74. The molecule has 114 valence electrons. The molecular weight excluding hydrogens is 308 g/mol. The van der Waals surface area contributed by atoms with E-state index in [1.807, 2.05) is 6.07 Å². The lowest BCUT2D eigenvalue weighted by Crippen LogP contribution is -2.44. The highest BCUT2D eigenvalue weighted by Crippen LogP contribution is 2.47. The van der Waals surface area contributed by atoms with E-state index >= 15 is 0 Å². The highest BCUT2D eigenvalue weighted by Gasteiger charge is 2.67. The molecule has 2 aromatic carbocycles. The van der Waals surface area contributed by atoms with Crippen molar-refractivity contribution in [1.29, 1.82) is 5.26 Å². The van der Waals surface area contributed by atoms with Crippen LogP contribution in [-0.2, 0) is 0 Å². The van der Waals surface area contributed by atoms with E-state index < -0.39 is 28.5 Å². The zero-order valence-corrected chi connectivity index (χ0v) is 12.1. The summed E-state index contributed by atoms with van der Waals surface area (Å²) in [6.45, 7) is 0. The number of carbonyl (C=O) groups is 4. The van der Waals surface area contributed by atoms with Gasteiger partial charge in [0.1, 0.15) is 0 Å². The van der Waals surface area contributed by atoms with Crippen LogP contribution in [0.2, 0.25) is 0 Å². The van der Waals surface area contributed by atoms with E-state index in [1.165, 1.54) is 36.4 Å². The molecule has 0 fully saturated rings. The van der Waals surface area contributed by atoms with Gasteiger partial charge in [0.15, 0.2) is 23.1 Å². The van der Waals surface area contributed by atoms with Crippen LogP contribution in [0.15, 0.2) is 36.4 Å². The summed E-state index contributed by atoms with van der Waals surface area (Å²) in [5, 5.41) is 8.96. The summed E-state index contributed by atoms with van der Waals surface area (Å²) in [6.07, 6.45) is 0. The first-order chi connectivity index (χ1) is 11.4. The molecule has 24 heavy (non-hydrogen) atoms. The minimum Gasteiger partial charge on any atom is -0.399 e. The molecule has 0 saturated carbocycles. The van der Waals surface area contributed by atoms with Gasteiger partial charge in [0.2, 0.25) is 5.41 Å². The van der Waals surface area contributed by atoms with E-state index in [2.05, 4.69) is 0 Å². The summed E-state index contributed by atoms with van der Waals surface area (Å²) in [5.74, 6) is -3.38. The van der Waals surface area contributed by atoms with Crippen LogP contribution in [0.4, 0.5) is 5.69 Å². The molecule has 6 nitrogen and oxygen atoms in total. The number of Topliss-reactive ketones (excluding diaryl/α,β-unsaturated/α-hetero) is 4. The van der Waals surface area contributed by atoms with Gasteiger partial charge in [-0.15, -0.1) is 0 Å². The molecule has 6 heteroatoms. The van der Waals surface area contributed by atoms with Crippen molar-refractivity contribution in [2.24, 2.45) is 5.41 Å². The number of benzene rings is 2. The maximum atomic E-state index is 12.9.